The molecule has 0 atom stereocenters. The van der Waals surface area contributed by atoms with Crippen molar-refractivity contribution in [3.8, 4) is 0 Å². The number of carbonyl (C=O) groups is 2. The third-order valence-corrected chi connectivity index (χ3v) is 2.18. The summed E-state index contributed by atoms with van der Waals surface area (Å²) in [7, 11) is 1.41. The maximum Gasteiger partial charge on any atom is 0.341 e. The molecule has 0 spiro atoms. The summed E-state index contributed by atoms with van der Waals surface area (Å²) in [6, 6.07) is 9.13. The van der Waals surface area contributed by atoms with Crippen LogP contribution in [0.3, 0.4) is 0 Å². The molecule has 0 aromatic heterocycles. The fourth-order valence-electron chi connectivity index (χ4n) is 1.39. The van der Waals surface area contributed by atoms with Crippen molar-refractivity contribution in [2.75, 3.05) is 20.3 Å². The first-order valence-corrected chi connectivity index (χ1v) is 5.65. The Balaban J connectivity index is 3.00. The van der Waals surface area contributed by atoms with Crippen LogP contribution in [0.25, 0.3) is 6.08 Å². The van der Waals surface area contributed by atoms with Gasteiger partial charge in [0, 0.05) is 7.11 Å². The van der Waals surface area contributed by atoms with Crippen LogP contribution in [0.15, 0.2) is 35.9 Å². The molecule has 0 amide bonds. The van der Waals surface area contributed by atoms with Crippen LogP contribution in [-0.4, -0.2) is 32.1 Å². The summed E-state index contributed by atoms with van der Waals surface area (Å²) in [4.78, 5) is 23.5. The zero-order chi connectivity index (χ0) is 13.4. The Kier molecular flexibility index (Phi) is 5.80. The second-order valence-corrected chi connectivity index (χ2v) is 3.55. The monoisotopic (exact) mass is 248 g/mol. The van der Waals surface area contributed by atoms with E-state index in [0.717, 1.165) is 5.56 Å². The van der Waals surface area contributed by atoms with Crippen LogP contribution in [0.2, 0.25) is 0 Å². The first-order valence-electron chi connectivity index (χ1n) is 5.65. The fourth-order valence-corrected chi connectivity index (χ4v) is 1.39. The number of ketones is 1. The van der Waals surface area contributed by atoms with E-state index in [2.05, 4.69) is 0 Å². The normalized spacial score (nSPS) is 11.1. The van der Waals surface area contributed by atoms with E-state index in [4.69, 9.17) is 9.47 Å². The van der Waals surface area contributed by atoms with Crippen molar-refractivity contribution >= 4 is 17.8 Å². The second kappa shape index (κ2) is 7.40. The van der Waals surface area contributed by atoms with Crippen molar-refractivity contribution < 1.29 is 19.1 Å². The Morgan fingerprint density at radius 2 is 1.89 bits per heavy atom. The lowest BCUT2D eigenvalue weighted by Gasteiger charge is -2.05. The van der Waals surface area contributed by atoms with Gasteiger partial charge in [-0.2, -0.15) is 0 Å². The number of rotatable bonds is 6. The van der Waals surface area contributed by atoms with Gasteiger partial charge < -0.3 is 9.47 Å². The Labute approximate surface area is 106 Å². The molecule has 0 fully saturated rings. The number of ether oxygens (including phenoxy) is 2. The molecule has 1 aromatic rings. The molecule has 0 heterocycles. The lowest BCUT2D eigenvalue weighted by atomic mass is 10.1. The highest BCUT2D eigenvalue weighted by Gasteiger charge is 2.19. The minimum absolute atomic E-state index is 0.00454. The average Bonchev–Trinajstić information content (AvgIpc) is 2.37. The highest BCUT2D eigenvalue weighted by Crippen LogP contribution is 2.09. The number of hydrogen-bond acceptors (Lipinski definition) is 4. The number of methoxy groups -OCH3 is 1. The van der Waals surface area contributed by atoms with Crippen LogP contribution in [0.1, 0.15) is 12.5 Å². The molecular weight excluding hydrogens is 232 g/mol. The number of benzene rings is 1. The van der Waals surface area contributed by atoms with E-state index in [-0.39, 0.29) is 24.6 Å². The zero-order valence-corrected chi connectivity index (χ0v) is 10.5. The number of carbonyl (C=O) groups excluding carboxylic acids is 2. The summed E-state index contributed by atoms with van der Waals surface area (Å²) in [6.07, 6.45) is 1.51. The SMILES string of the molecule is CCOC(=O)/C(=C\c1ccccc1)C(=O)COC. The highest BCUT2D eigenvalue weighted by atomic mass is 16.5. The third-order valence-electron chi connectivity index (χ3n) is 2.18. The Morgan fingerprint density at radius 3 is 2.44 bits per heavy atom. The minimum Gasteiger partial charge on any atom is -0.462 e. The van der Waals surface area contributed by atoms with Gasteiger partial charge in [0.25, 0.3) is 0 Å². The van der Waals surface area contributed by atoms with E-state index in [1.807, 2.05) is 18.2 Å². The molecule has 0 saturated carbocycles. The van der Waals surface area contributed by atoms with Crippen LogP contribution in [0.4, 0.5) is 0 Å². The molecule has 0 aliphatic carbocycles. The van der Waals surface area contributed by atoms with Gasteiger partial charge in [0.15, 0.2) is 5.78 Å². The van der Waals surface area contributed by atoms with Crippen molar-refractivity contribution in [2.24, 2.45) is 0 Å². The first-order chi connectivity index (χ1) is 8.69. The predicted molar refractivity (Wildman–Crippen MR) is 67.9 cm³/mol. The Hall–Kier alpha value is -1.94. The topological polar surface area (TPSA) is 52.6 Å². The van der Waals surface area contributed by atoms with E-state index < -0.39 is 5.97 Å². The molecule has 0 bridgehead atoms. The van der Waals surface area contributed by atoms with Gasteiger partial charge in [-0.25, -0.2) is 4.79 Å². The van der Waals surface area contributed by atoms with Gasteiger partial charge in [-0.15, -0.1) is 0 Å². The van der Waals surface area contributed by atoms with E-state index in [1.54, 1.807) is 19.1 Å². The maximum absolute atomic E-state index is 11.8. The number of hydrogen-bond donors (Lipinski definition) is 0. The van der Waals surface area contributed by atoms with E-state index >= 15 is 0 Å². The molecule has 0 saturated heterocycles. The summed E-state index contributed by atoms with van der Waals surface area (Å²) in [6.45, 7) is 1.78. The van der Waals surface area contributed by atoms with Gasteiger partial charge in [-0.3, -0.25) is 4.79 Å². The van der Waals surface area contributed by atoms with Gasteiger partial charge in [-0.05, 0) is 18.6 Å². The summed E-state index contributed by atoms with van der Waals surface area (Å²) >= 11 is 0. The van der Waals surface area contributed by atoms with E-state index in [1.165, 1.54) is 13.2 Å². The van der Waals surface area contributed by atoms with E-state index in [0.29, 0.717) is 0 Å². The quantitative estimate of drug-likeness (QED) is 0.333. The minimum atomic E-state index is -0.622. The third kappa shape index (κ3) is 4.14. The Morgan fingerprint density at radius 1 is 1.22 bits per heavy atom. The lowest BCUT2D eigenvalue weighted by molar-refractivity contribution is -0.140. The number of esters is 1. The van der Waals surface area contributed by atoms with Crippen LogP contribution < -0.4 is 0 Å². The molecule has 0 radical (unpaired) electrons. The van der Waals surface area contributed by atoms with Gasteiger partial charge >= 0.3 is 5.97 Å². The van der Waals surface area contributed by atoms with Gasteiger partial charge in [-0.1, -0.05) is 30.3 Å². The molecule has 1 rings (SSSR count). The number of Topliss-reactive ketones (excluding diaryl/α,β-unsaturated/α-hetero) is 1. The van der Waals surface area contributed by atoms with Crippen molar-refractivity contribution in [2.45, 2.75) is 6.92 Å². The van der Waals surface area contributed by atoms with Crippen molar-refractivity contribution in [1.29, 1.82) is 0 Å². The van der Waals surface area contributed by atoms with Crippen molar-refractivity contribution in [1.82, 2.24) is 0 Å². The maximum atomic E-state index is 11.8. The molecule has 0 aliphatic heterocycles. The molecule has 18 heavy (non-hydrogen) atoms. The standard InChI is InChI=1S/C14H16O4/c1-3-18-14(16)12(13(15)10-17-2)9-11-7-5-4-6-8-11/h4-9H,3,10H2,1-2H3/b12-9-. The molecule has 1 aromatic carbocycles. The fraction of sp³-hybridized carbons (Fsp3) is 0.286. The van der Waals surface area contributed by atoms with Crippen LogP contribution in [0, 0.1) is 0 Å². The molecule has 4 nitrogen and oxygen atoms in total. The van der Waals surface area contributed by atoms with Gasteiger partial charge in [0.2, 0.25) is 0 Å². The van der Waals surface area contributed by atoms with Crippen LogP contribution in [0.5, 0.6) is 0 Å². The summed E-state index contributed by atoms with van der Waals surface area (Å²) in [5.41, 5.74) is 0.773. The average molecular weight is 248 g/mol. The lowest BCUT2D eigenvalue weighted by Crippen LogP contribution is -2.19. The molecule has 0 aliphatic rings. The molecule has 96 valence electrons. The molecular formula is C14H16O4. The Bertz CT molecular complexity index is 414. The van der Waals surface area contributed by atoms with Crippen LogP contribution in [-0.2, 0) is 19.1 Å². The van der Waals surface area contributed by atoms with Crippen molar-refractivity contribution in [3.63, 3.8) is 0 Å². The second-order valence-electron chi connectivity index (χ2n) is 3.55. The highest BCUT2D eigenvalue weighted by molar-refractivity contribution is 6.21. The predicted octanol–water partition coefficient (Wildman–Crippen LogP) is 1.85. The molecule has 0 N–H and O–H groups in total. The van der Waals surface area contributed by atoms with Gasteiger partial charge in [0.1, 0.15) is 12.2 Å². The summed E-state index contributed by atoms with van der Waals surface area (Å²) < 4.78 is 9.61. The molecule has 4 heteroatoms. The largest absolute Gasteiger partial charge is 0.462 e. The smallest absolute Gasteiger partial charge is 0.341 e. The van der Waals surface area contributed by atoms with Gasteiger partial charge in [0.05, 0.1) is 6.61 Å². The first kappa shape index (κ1) is 14.1. The summed E-state index contributed by atoms with van der Waals surface area (Å²) in [5.74, 6) is -1.01. The van der Waals surface area contributed by atoms with Crippen LogP contribution >= 0.6 is 0 Å². The van der Waals surface area contributed by atoms with E-state index in [9.17, 15) is 9.59 Å². The summed E-state index contributed by atoms with van der Waals surface area (Å²) in [5, 5.41) is 0. The molecule has 0 unspecified atom stereocenters. The zero-order valence-electron chi connectivity index (χ0n) is 10.5. The van der Waals surface area contributed by atoms with Crippen molar-refractivity contribution in [3.05, 3.63) is 41.5 Å².